The van der Waals surface area contributed by atoms with Crippen LogP contribution in [0.4, 0.5) is 0 Å². The van der Waals surface area contributed by atoms with Gasteiger partial charge in [-0.25, -0.2) is 0 Å². The van der Waals surface area contributed by atoms with Crippen molar-refractivity contribution in [3.63, 3.8) is 0 Å². The molecule has 10 aromatic carbocycles. The van der Waals surface area contributed by atoms with Gasteiger partial charge in [-0.15, -0.1) is 93.4 Å². The molecular weight excluding hydrogens is 815 g/mol. The summed E-state index contributed by atoms with van der Waals surface area (Å²) in [6, 6.07) is 66.1. The maximum Gasteiger partial charge on any atom is -0.0112 e. The molecule has 0 aromatic heterocycles. The summed E-state index contributed by atoms with van der Waals surface area (Å²) >= 11 is 1.36. The van der Waals surface area contributed by atoms with Crippen molar-refractivity contribution in [2.24, 2.45) is 0 Å². The van der Waals surface area contributed by atoms with E-state index in [9.17, 15) is 0 Å². The van der Waals surface area contributed by atoms with Crippen molar-refractivity contribution in [2.45, 2.75) is 13.8 Å². The van der Waals surface area contributed by atoms with Crippen LogP contribution in [0.1, 0.15) is 11.1 Å². The van der Waals surface area contributed by atoms with Crippen LogP contribution in [0.3, 0.4) is 0 Å². The van der Waals surface area contributed by atoms with Gasteiger partial charge in [-0.05, 0) is 43.4 Å². The van der Waals surface area contributed by atoms with Crippen LogP contribution in [-0.4, -0.2) is 6.88 Å². The molecule has 10 rings (SSSR count). The standard InChI is InChI=1S/C29H19.C21H17.2CH3.2ClH.Si.Zr/c1-2-9-22-17-23(16-15-20(22)7-1)25-18-24-11-6-14-28(29(24)19-25)27-13-5-10-21-8-3-4-12-26(21)27;1-14-12-20-15(2)10-11-19(21(20)13-14)18-9-5-7-16-6-3-4-8-17(16)18;;;;;;/h1-19H;3-13H,1-2H3;2*1H3;2*1H;;/q4*-1;;;;. The Kier molecular flexibility index (Phi) is 15.4. The van der Waals surface area contributed by atoms with Gasteiger partial charge in [0.25, 0.3) is 0 Å². The van der Waals surface area contributed by atoms with Crippen LogP contribution in [-0.2, 0) is 23.3 Å². The van der Waals surface area contributed by atoms with Gasteiger partial charge < -0.3 is 14.9 Å². The van der Waals surface area contributed by atoms with E-state index in [4.69, 9.17) is 0 Å². The summed E-state index contributed by atoms with van der Waals surface area (Å²) in [4.78, 5) is 0. The molecule has 0 aliphatic carbocycles. The van der Waals surface area contributed by atoms with Crippen molar-refractivity contribution >= 4 is 85.6 Å². The summed E-state index contributed by atoms with van der Waals surface area (Å²) in [5, 5.41) is 13.1. The maximum atomic E-state index is 3.06. The monoisotopic (exact) mass is 856 g/mol. The number of benzene rings is 8. The van der Waals surface area contributed by atoms with Gasteiger partial charge in [-0.3, -0.25) is 0 Å². The zero-order chi connectivity index (χ0) is 35.6. The Bertz CT molecular complexity index is 2870. The summed E-state index contributed by atoms with van der Waals surface area (Å²) in [6.45, 7) is 7.42. The van der Waals surface area contributed by atoms with Crippen LogP contribution in [0.5, 0.6) is 0 Å². The van der Waals surface area contributed by atoms with Crippen LogP contribution < -0.4 is 0 Å². The van der Waals surface area contributed by atoms with Crippen LogP contribution in [0.2, 0.25) is 0 Å². The van der Waals surface area contributed by atoms with Crippen LogP contribution in [0, 0.1) is 28.7 Å². The van der Waals surface area contributed by atoms with Crippen LogP contribution >= 0.6 is 24.8 Å². The SMILES string of the molecule is Cc1cc2c(-c3cccc4ccccc34)ccc(C)c2[cH-]1.Cl.Cl.[CH3-].[CH3-].[Si]=[Zr].c1ccc2cc(-c3cc4c(-c5cccc6ccccc56)cccc4[cH-]3)ccc2c1. The van der Waals surface area contributed by atoms with E-state index in [0.717, 1.165) is 0 Å². The van der Waals surface area contributed by atoms with E-state index in [-0.39, 0.29) is 39.7 Å². The molecule has 0 bridgehead atoms. The summed E-state index contributed by atoms with van der Waals surface area (Å²) in [5.41, 5.74) is 10.5. The van der Waals surface area contributed by atoms with E-state index in [1.165, 1.54) is 122 Å². The first-order chi connectivity index (χ1) is 25.6. The molecule has 0 saturated carbocycles. The van der Waals surface area contributed by atoms with Crippen LogP contribution in [0.25, 0.3) is 87.2 Å². The number of fused-ring (bicyclic) bond motifs is 5. The quantitative estimate of drug-likeness (QED) is 0.123. The van der Waals surface area contributed by atoms with E-state index >= 15 is 0 Å². The number of halogens is 2. The molecule has 0 atom stereocenters. The topological polar surface area (TPSA) is 0 Å². The minimum absolute atomic E-state index is 0. The second kappa shape index (κ2) is 19.5. The third kappa shape index (κ3) is 8.56. The second-order valence-electron chi connectivity index (χ2n) is 13.5. The Morgan fingerprint density at radius 2 is 0.911 bits per heavy atom. The second-order valence-corrected chi connectivity index (χ2v) is 13.5. The molecular formula is C52H44Cl2SiZr-4. The van der Waals surface area contributed by atoms with Gasteiger partial charge in [0.15, 0.2) is 0 Å². The van der Waals surface area contributed by atoms with E-state index in [1.807, 2.05) is 0 Å². The molecule has 0 aliphatic rings. The maximum absolute atomic E-state index is 3.06. The van der Waals surface area contributed by atoms with Crippen molar-refractivity contribution in [3.05, 3.63) is 208 Å². The fourth-order valence-corrected chi connectivity index (χ4v) is 7.75. The Labute approximate surface area is 361 Å². The molecule has 0 heterocycles. The fourth-order valence-electron chi connectivity index (χ4n) is 7.75. The molecule has 0 saturated heterocycles. The minimum Gasteiger partial charge on any atom is -0.144 e. The molecule has 2 radical (unpaired) electrons. The normalized spacial score (nSPS) is 10.2. The third-order valence-corrected chi connectivity index (χ3v) is 10.2. The minimum atomic E-state index is 0. The molecule has 0 fully saturated rings. The van der Waals surface area contributed by atoms with E-state index in [0.29, 0.717) is 0 Å². The largest absolute Gasteiger partial charge is 0.144 e. The number of aryl methyl sites for hydroxylation is 2. The Balaban J connectivity index is 0.000000232. The van der Waals surface area contributed by atoms with Crippen molar-refractivity contribution < 1.29 is 23.3 Å². The van der Waals surface area contributed by atoms with Gasteiger partial charge in [-0.1, -0.05) is 176 Å². The zero-order valence-electron chi connectivity index (χ0n) is 32.1. The van der Waals surface area contributed by atoms with Crippen molar-refractivity contribution in [1.82, 2.24) is 0 Å². The third-order valence-electron chi connectivity index (χ3n) is 10.2. The molecule has 10 aromatic rings. The number of hydrogen-bond acceptors (Lipinski definition) is 0. The molecule has 0 amide bonds. The molecule has 0 aliphatic heterocycles. The van der Waals surface area contributed by atoms with Crippen molar-refractivity contribution in [2.75, 3.05) is 0 Å². The van der Waals surface area contributed by atoms with Crippen molar-refractivity contribution in [1.29, 1.82) is 0 Å². The van der Waals surface area contributed by atoms with Gasteiger partial charge >= 0.3 is 30.2 Å². The fraction of sp³-hybridized carbons (Fsp3) is 0.0385. The molecule has 56 heavy (non-hydrogen) atoms. The Morgan fingerprint density at radius 3 is 1.54 bits per heavy atom. The first kappa shape index (κ1) is 44.2. The first-order valence-electron chi connectivity index (χ1n) is 17.7. The summed E-state index contributed by atoms with van der Waals surface area (Å²) in [7, 11) is 0. The number of hydrogen-bond donors (Lipinski definition) is 0. The molecule has 278 valence electrons. The molecule has 0 unspecified atom stereocenters. The average molecular weight is 859 g/mol. The van der Waals surface area contributed by atoms with Gasteiger partial charge in [0.05, 0.1) is 0 Å². The van der Waals surface area contributed by atoms with Crippen molar-refractivity contribution in [3.8, 4) is 33.4 Å². The van der Waals surface area contributed by atoms with E-state index in [2.05, 4.69) is 203 Å². The molecule has 0 spiro atoms. The molecule has 0 N–H and O–H groups in total. The van der Waals surface area contributed by atoms with E-state index < -0.39 is 0 Å². The predicted octanol–water partition coefficient (Wildman–Crippen LogP) is 15.6. The molecule has 0 nitrogen and oxygen atoms in total. The zero-order valence-corrected chi connectivity index (χ0v) is 37.2. The summed E-state index contributed by atoms with van der Waals surface area (Å²) < 4.78 is 0. The summed E-state index contributed by atoms with van der Waals surface area (Å²) in [5.74, 6) is 0. The average Bonchev–Trinajstić information content (AvgIpc) is 3.83. The number of rotatable bonds is 3. The van der Waals surface area contributed by atoms with Gasteiger partial charge in [0, 0.05) is 0 Å². The van der Waals surface area contributed by atoms with Gasteiger partial charge in [0.2, 0.25) is 0 Å². The Hall–Kier alpha value is -4.56. The first-order valence-corrected chi connectivity index (χ1v) is 21.9. The van der Waals surface area contributed by atoms with E-state index in [1.54, 1.807) is 0 Å². The van der Waals surface area contributed by atoms with Gasteiger partial charge in [-0.2, -0.15) is 6.07 Å². The smallest absolute Gasteiger partial charge is 0.0112 e. The molecule has 4 heteroatoms. The van der Waals surface area contributed by atoms with Gasteiger partial charge in [0.1, 0.15) is 0 Å². The summed E-state index contributed by atoms with van der Waals surface area (Å²) in [6.07, 6.45) is 0. The Morgan fingerprint density at radius 1 is 0.411 bits per heavy atom. The predicted molar refractivity (Wildman–Crippen MR) is 250 cm³/mol. The van der Waals surface area contributed by atoms with Crippen LogP contribution in [0.15, 0.2) is 182 Å².